The molecule has 9 heteroatoms. The fourth-order valence-corrected chi connectivity index (χ4v) is 3.91. The third-order valence-corrected chi connectivity index (χ3v) is 5.12. The molecule has 0 saturated carbocycles. The molecule has 140 valence electrons. The minimum absolute atomic E-state index is 0.225. The number of thiocarbonyl (C=S) groups is 1. The molecule has 0 aromatic heterocycles. The zero-order valence-electron chi connectivity index (χ0n) is 14.8. The monoisotopic (exact) mass is 397 g/mol. The molecule has 26 heavy (non-hydrogen) atoms. The molecule has 0 aliphatic carbocycles. The lowest BCUT2D eigenvalue weighted by Crippen LogP contribution is -2.43. The quantitative estimate of drug-likeness (QED) is 0.555. The molecule has 0 spiro atoms. The molecule has 1 unspecified atom stereocenters. The van der Waals surface area contributed by atoms with Gasteiger partial charge in [0.15, 0.2) is 11.5 Å². The number of amides is 1. The van der Waals surface area contributed by atoms with E-state index in [0.717, 1.165) is 16.7 Å². The van der Waals surface area contributed by atoms with Crippen molar-refractivity contribution >= 4 is 46.3 Å². The van der Waals surface area contributed by atoms with E-state index in [4.69, 9.17) is 26.4 Å². The normalized spacial score (nSPS) is 16.8. The largest absolute Gasteiger partial charge is 0.493 e. The van der Waals surface area contributed by atoms with Crippen molar-refractivity contribution in [2.75, 3.05) is 21.3 Å². The number of rotatable bonds is 7. The van der Waals surface area contributed by atoms with Gasteiger partial charge in [-0.15, -0.1) is 0 Å². The standard InChI is InChI=1S/C17H19NO6S2/c1-5-10(16(20)21)18-15(19)13(26-17(18)25)8-9-6-11(22-2)14(24-4)12(7-9)23-3/h6-8,10H,5H2,1-4H3,(H,20,21)/b13-8-. The molecule has 1 fully saturated rings. The summed E-state index contributed by atoms with van der Waals surface area (Å²) in [4.78, 5) is 25.5. The van der Waals surface area contributed by atoms with Crippen molar-refractivity contribution in [3.05, 3.63) is 22.6 Å². The molecule has 1 aliphatic heterocycles. The summed E-state index contributed by atoms with van der Waals surface area (Å²) in [6.07, 6.45) is 1.89. The van der Waals surface area contributed by atoms with Crippen molar-refractivity contribution in [1.82, 2.24) is 4.90 Å². The Balaban J connectivity index is 2.43. The topological polar surface area (TPSA) is 85.3 Å². The highest BCUT2D eigenvalue weighted by Gasteiger charge is 2.39. The number of carbonyl (C=O) groups is 2. The minimum Gasteiger partial charge on any atom is -0.493 e. The number of benzene rings is 1. The van der Waals surface area contributed by atoms with Crippen LogP contribution in [0.25, 0.3) is 6.08 Å². The van der Waals surface area contributed by atoms with Gasteiger partial charge in [0.2, 0.25) is 5.75 Å². The number of carbonyl (C=O) groups excluding carboxylic acids is 1. The second-order valence-electron chi connectivity index (χ2n) is 5.27. The SMILES string of the molecule is CCC(C(=O)O)N1C(=O)/C(=C/c2cc(OC)c(OC)c(OC)c2)SC1=S. The predicted molar refractivity (Wildman–Crippen MR) is 103 cm³/mol. The number of nitrogens with zero attached hydrogens (tertiary/aromatic N) is 1. The van der Waals surface area contributed by atoms with E-state index in [-0.39, 0.29) is 10.7 Å². The fraction of sp³-hybridized carbons (Fsp3) is 0.353. The van der Waals surface area contributed by atoms with Gasteiger partial charge in [0, 0.05) is 0 Å². The number of thioether (sulfide) groups is 1. The van der Waals surface area contributed by atoms with Crippen LogP contribution >= 0.6 is 24.0 Å². The number of carboxylic acids is 1. The minimum atomic E-state index is -1.09. The van der Waals surface area contributed by atoms with E-state index in [1.54, 1.807) is 25.1 Å². The van der Waals surface area contributed by atoms with Crippen molar-refractivity contribution in [3.63, 3.8) is 0 Å². The molecule has 0 bridgehead atoms. The van der Waals surface area contributed by atoms with Crippen molar-refractivity contribution in [1.29, 1.82) is 0 Å². The molecule has 1 heterocycles. The molecular weight excluding hydrogens is 378 g/mol. The van der Waals surface area contributed by atoms with Gasteiger partial charge in [0.1, 0.15) is 10.4 Å². The van der Waals surface area contributed by atoms with Crippen LogP contribution in [0, 0.1) is 0 Å². The van der Waals surface area contributed by atoms with Crippen molar-refractivity contribution in [3.8, 4) is 17.2 Å². The lowest BCUT2D eigenvalue weighted by Gasteiger charge is -2.21. The van der Waals surface area contributed by atoms with Gasteiger partial charge in [-0.25, -0.2) is 4.79 Å². The molecule has 1 aliphatic rings. The maximum absolute atomic E-state index is 12.7. The second kappa shape index (κ2) is 8.41. The van der Waals surface area contributed by atoms with Crippen LogP contribution in [-0.2, 0) is 9.59 Å². The zero-order chi connectivity index (χ0) is 19.4. The van der Waals surface area contributed by atoms with Crippen molar-refractivity contribution in [2.24, 2.45) is 0 Å². The predicted octanol–water partition coefficient (Wildman–Crippen LogP) is 2.78. The molecule has 1 N–H and O–H groups in total. The maximum atomic E-state index is 12.7. The van der Waals surface area contributed by atoms with E-state index in [9.17, 15) is 14.7 Å². The summed E-state index contributed by atoms with van der Waals surface area (Å²) >= 11 is 6.27. The van der Waals surface area contributed by atoms with Crippen molar-refractivity contribution < 1.29 is 28.9 Å². The van der Waals surface area contributed by atoms with Gasteiger partial charge in [-0.3, -0.25) is 9.69 Å². The molecule has 1 saturated heterocycles. The first kappa shape index (κ1) is 20.1. The Hall–Kier alpha value is -2.26. The van der Waals surface area contributed by atoms with Gasteiger partial charge in [0.05, 0.1) is 26.2 Å². The summed E-state index contributed by atoms with van der Waals surface area (Å²) in [5.41, 5.74) is 0.642. The Bertz CT molecular complexity index is 752. The number of ether oxygens (including phenoxy) is 3. The smallest absolute Gasteiger partial charge is 0.326 e. The van der Waals surface area contributed by atoms with Crippen LogP contribution < -0.4 is 14.2 Å². The fourth-order valence-electron chi connectivity index (χ4n) is 2.55. The van der Waals surface area contributed by atoms with Gasteiger partial charge in [0.25, 0.3) is 5.91 Å². The van der Waals surface area contributed by atoms with Crippen LogP contribution in [0.1, 0.15) is 18.9 Å². The first-order valence-corrected chi connectivity index (χ1v) is 8.90. The number of hydrogen-bond donors (Lipinski definition) is 1. The van der Waals surface area contributed by atoms with E-state index in [0.29, 0.717) is 27.7 Å². The lowest BCUT2D eigenvalue weighted by molar-refractivity contribution is -0.145. The van der Waals surface area contributed by atoms with Gasteiger partial charge < -0.3 is 19.3 Å². The van der Waals surface area contributed by atoms with E-state index in [1.165, 1.54) is 21.3 Å². The van der Waals surface area contributed by atoms with Gasteiger partial charge in [-0.05, 0) is 30.2 Å². The Morgan fingerprint density at radius 3 is 2.27 bits per heavy atom. The molecule has 1 atom stereocenters. The summed E-state index contributed by atoms with van der Waals surface area (Å²) in [7, 11) is 4.50. The summed E-state index contributed by atoms with van der Waals surface area (Å²) in [5, 5.41) is 9.31. The summed E-state index contributed by atoms with van der Waals surface area (Å²) < 4.78 is 16.1. The molecule has 7 nitrogen and oxygen atoms in total. The van der Waals surface area contributed by atoms with E-state index >= 15 is 0 Å². The zero-order valence-corrected chi connectivity index (χ0v) is 16.4. The van der Waals surface area contributed by atoms with Crippen LogP contribution in [0.15, 0.2) is 17.0 Å². The van der Waals surface area contributed by atoms with Crippen LogP contribution in [0.5, 0.6) is 17.2 Å². The molecule has 0 radical (unpaired) electrons. The summed E-state index contributed by atoms with van der Waals surface area (Å²) in [6, 6.07) is 2.42. The molecule has 1 aromatic rings. The number of carboxylic acid groups (broad SMARTS) is 1. The molecule has 1 amide bonds. The summed E-state index contributed by atoms with van der Waals surface area (Å²) in [6.45, 7) is 1.69. The number of methoxy groups -OCH3 is 3. The van der Waals surface area contributed by atoms with Gasteiger partial charge >= 0.3 is 5.97 Å². The third-order valence-electron chi connectivity index (χ3n) is 3.79. The van der Waals surface area contributed by atoms with E-state index in [2.05, 4.69) is 0 Å². The van der Waals surface area contributed by atoms with E-state index < -0.39 is 17.9 Å². The van der Waals surface area contributed by atoms with Crippen LogP contribution in [-0.4, -0.2) is 53.6 Å². The highest BCUT2D eigenvalue weighted by atomic mass is 32.2. The average Bonchev–Trinajstić information content (AvgIpc) is 2.88. The Morgan fingerprint density at radius 1 is 1.27 bits per heavy atom. The van der Waals surface area contributed by atoms with Crippen LogP contribution in [0.3, 0.4) is 0 Å². The number of hydrogen-bond acceptors (Lipinski definition) is 7. The number of aliphatic carboxylic acids is 1. The second-order valence-corrected chi connectivity index (χ2v) is 6.95. The van der Waals surface area contributed by atoms with E-state index in [1.807, 2.05) is 0 Å². The van der Waals surface area contributed by atoms with Crippen LogP contribution in [0.2, 0.25) is 0 Å². The maximum Gasteiger partial charge on any atom is 0.326 e. The van der Waals surface area contributed by atoms with Gasteiger partial charge in [-0.2, -0.15) is 0 Å². The Morgan fingerprint density at radius 2 is 1.85 bits per heavy atom. The Labute approximate surface area is 160 Å². The molecule has 1 aromatic carbocycles. The first-order valence-electron chi connectivity index (χ1n) is 7.67. The summed E-state index contributed by atoms with van der Waals surface area (Å²) in [5.74, 6) is -0.173. The van der Waals surface area contributed by atoms with Gasteiger partial charge in [-0.1, -0.05) is 30.9 Å². The highest BCUT2D eigenvalue weighted by Crippen LogP contribution is 2.40. The lowest BCUT2D eigenvalue weighted by atomic mass is 10.1. The Kier molecular flexibility index (Phi) is 6.49. The molecular formula is C17H19NO6S2. The first-order chi connectivity index (χ1) is 12.4. The average molecular weight is 397 g/mol. The van der Waals surface area contributed by atoms with Crippen LogP contribution in [0.4, 0.5) is 0 Å². The highest BCUT2D eigenvalue weighted by molar-refractivity contribution is 8.26. The van der Waals surface area contributed by atoms with Crippen molar-refractivity contribution in [2.45, 2.75) is 19.4 Å². The third kappa shape index (κ3) is 3.78. The molecule has 2 rings (SSSR count).